The lowest BCUT2D eigenvalue weighted by Crippen LogP contribution is -2.05. The van der Waals surface area contributed by atoms with Crippen LogP contribution in [-0.4, -0.2) is 21.0 Å². The van der Waals surface area contributed by atoms with Crippen molar-refractivity contribution in [2.75, 3.05) is 11.9 Å². The number of imidazole rings is 1. The molecule has 0 radical (unpaired) electrons. The highest BCUT2D eigenvalue weighted by molar-refractivity contribution is 5.62. The van der Waals surface area contributed by atoms with E-state index in [1.807, 2.05) is 31.4 Å². The van der Waals surface area contributed by atoms with E-state index < -0.39 is 0 Å². The number of nitrogens with one attached hydrogen (secondary N) is 1. The third kappa shape index (κ3) is 2.79. The van der Waals surface area contributed by atoms with E-state index in [2.05, 4.69) is 10.3 Å². The molecule has 0 saturated carbocycles. The van der Waals surface area contributed by atoms with E-state index >= 15 is 0 Å². The van der Waals surface area contributed by atoms with Gasteiger partial charge >= 0.3 is 0 Å². The lowest BCUT2D eigenvalue weighted by atomic mass is 10.1. The van der Waals surface area contributed by atoms with Gasteiger partial charge in [-0.3, -0.25) is 10.1 Å². The normalized spacial score (nSPS) is 10.6. The molecule has 0 aliphatic rings. The molecule has 1 N–H and O–H groups in total. The van der Waals surface area contributed by atoms with Crippen molar-refractivity contribution in [3.05, 3.63) is 51.6 Å². The molecule has 0 aliphatic carbocycles. The zero-order valence-corrected chi connectivity index (χ0v) is 11.9. The molecule has 2 aromatic rings. The van der Waals surface area contributed by atoms with Crippen molar-refractivity contribution in [3.63, 3.8) is 0 Å². The van der Waals surface area contributed by atoms with Gasteiger partial charge in [0, 0.05) is 24.8 Å². The first-order chi connectivity index (χ1) is 9.52. The Bertz CT molecular complexity index is 634. The molecule has 0 bridgehead atoms. The van der Waals surface area contributed by atoms with Crippen molar-refractivity contribution < 1.29 is 4.92 Å². The van der Waals surface area contributed by atoms with Crippen molar-refractivity contribution in [1.82, 2.24) is 9.55 Å². The van der Waals surface area contributed by atoms with Crippen molar-refractivity contribution in [2.24, 2.45) is 0 Å². The molecule has 0 spiro atoms. The van der Waals surface area contributed by atoms with Crippen molar-refractivity contribution in [2.45, 2.75) is 27.3 Å². The summed E-state index contributed by atoms with van der Waals surface area (Å²) >= 11 is 0. The predicted molar refractivity (Wildman–Crippen MR) is 78.1 cm³/mol. The molecule has 1 aromatic carbocycles. The molecule has 20 heavy (non-hydrogen) atoms. The summed E-state index contributed by atoms with van der Waals surface area (Å²) in [6.07, 6.45) is 1.79. The molecule has 0 amide bonds. The van der Waals surface area contributed by atoms with Crippen LogP contribution in [0.4, 0.5) is 11.4 Å². The van der Waals surface area contributed by atoms with Crippen LogP contribution in [0.5, 0.6) is 0 Å². The summed E-state index contributed by atoms with van der Waals surface area (Å²) in [5.74, 6) is 0. The lowest BCUT2D eigenvalue weighted by Gasteiger charge is -2.09. The van der Waals surface area contributed by atoms with E-state index in [0.29, 0.717) is 18.8 Å². The van der Waals surface area contributed by atoms with E-state index in [9.17, 15) is 10.1 Å². The zero-order valence-electron chi connectivity index (χ0n) is 11.9. The van der Waals surface area contributed by atoms with Crippen LogP contribution in [0.1, 0.15) is 23.9 Å². The highest BCUT2D eigenvalue weighted by Gasteiger charge is 2.14. The molecular weight excluding hydrogens is 256 g/mol. The van der Waals surface area contributed by atoms with E-state index in [0.717, 1.165) is 17.0 Å². The maximum absolute atomic E-state index is 11.0. The Labute approximate surface area is 117 Å². The summed E-state index contributed by atoms with van der Waals surface area (Å²) in [6, 6.07) is 5.16. The van der Waals surface area contributed by atoms with Crippen LogP contribution in [0.3, 0.4) is 0 Å². The van der Waals surface area contributed by atoms with Gasteiger partial charge in [0.15, 0.2) is 0 Å². The fourth-order valence-corrected chi connectivity index (χ4v) is 2.07. The van der Waals surface area contributed by atoms with E-state index in [4.69, 9.17) is 0 Å². The average Bonchev–Trinajstić information content (AvgIpc) is 2.71. The van der Waals surface area contributed by atoms with E-state index in [-0.39, 0.29) is 10.6 Å². The van der Waals surface area contributed by atoms with Crippen molar-refractivity contribution in [3.8, 4) is 0 Å². The number of nitrogens with zero attached hydrogens (tertiary/aromatic N) is 3. The van der Waals surface area contributed by atoms with E-state index in [1.54, 1.807) is 18.5 Å². The van der Waals surface area contributed by atoms with Gasteiger partial charge in [0.25, 0.3) is 5.69 Å². The highest BCUT2D eigenvalue weighted by Crippen LogP contribution is 2.26. The molecule has 6 heteroatoms. The standard InChI is InChI=1S/C14H18N4O2/c1-4-15-13-7-12(5-6-14(13)18(19)20)8-17-9-16-10(2)11(17)3/h5-7,9,15H,4,8H2,1-3H3. The molecular formula is C14H18N4O2. The largest absolute Gasteiger partial charge is 0.380 e. The summed E-state index contributed by atoms with van der Waals surface area (Å²) < 4.78 is 2.03. The first-order valence-corrected chi connectivity index (χ1v) is 6.52. The molecule has 0 atom stereocenters. The molecule has 1 aromatic heterocycles. The maximum Gasteiger partial charge on any atom is 0.292 e. The molecule has 0 saturated heterocycles. The minimum Gasteiger partial charge on any atom is -0.380 e. The first kappa shape index (κ1) is 14.0. The van der Waals surface area contributed by atoms with Crippen molar-refractivity contribution in [1.29, 1.82) is 0 Å². The van der Waals surface area contributed by atoms with Gasteiger partial charge in [-0.05, 0) is 32.4 Å². The monoisotopic (exact) mass is 274 g/mol. The third-order valence-electron chi connectivity index (χ3n) is 3.32. The minimum absolute atomic E-state index is 0.106. The molecule has 106 valence electrons. The fraction of sp³-hybridized carbons (Fsp3) is 0.357. The lowest BCUT2D eigenvalue weighted by molar-refractivity contribution is -0.384. The number of nitro benzene ring substituents is 1. The summed E-state index contributed by atoms with van der Waals surface area (Å²) in [7, 11) is 0. The number of anilines is 1. The number of nitro groups is 1. The van der Waals surface area contributed by atoms with Gasteiger partial charge in [-0.1, -0.05) is 6.07 Å². The summed E-state index contributed by atoms with van der Waals surface area (Å²) in [4.78, 5) is 14.9. The quantitative estimate of drug-likeness (QED) is 0.672. The molecule has 0 fully saturated rings. The first-order valence-electron chi connectivity index (χ1n) is 6.52. The van der Waals surface area contributed by atoms with Gasteiger partial charge in [-0.15, -0.1) is 0 Å². The van der Waals surface area contributed by atoms with Crippen molar-refractivity contribution >= 4 is 11.4 Å². The second kappa shape index (κ2) is 5.73. The van der Waals surface area contributed by atoms with Crippen LogP contribution in [-0.2, 0) is 6.54 Å². The Hall–Kier alpha value is -2.37. The smallest absolute Gasteiger partial charge is 0.292 e. The molecule has 0 unspecified atom stereocenters. The zero-order chi connectivity index (χ0) is 14.7. The predicted octanol–water partition coefficient (Wildman–Crippen LogP) is 2.89. The van der Waals surface area contributed by atoms with Crippen LogP contribution in [0.2, 0.25) is 0 Å². The Morgan fingerprint density at radius 1 is 1.40 bits per heavy atom. The van der Waals surface area contributed by atoms with Gasteiger partial charge in [-0.2, -0.15) is 0 Å². The summed E-state index contributed by atoms with van der Waals surface area (Å²) in [6.45, 7) is 7.20. The fourth-order valence-electron chi connectivity index (χ4n) is 2.07. The summed E-state index contributed by atoms with van der Waals surface area (Å²) in [5, 5.41) is 14.0. The Morgan fingerprint density at radius 3 is 2.70 bits per heavy atom. The minimum atomic E-state index is -0.367. The van der Waals surface area contributed by atoms with Gasteiger partial charge in [0.05, 0.1) is 16.9 Å². The Kier molecular flexibility index (Phi) is 4.02. The molecule has 0 aliphatic heterocycles. The van der Waals surface area contributed by atoms with E-state index in [1.165, 1.54) is 0 Å². The molecule has 1 heterocycles. The maximum atomic E-state index is 11.0. The Morgan fingerprint density at radius 2 is 2.15 bits per heavy atom. The van der Waals surface area contributed by atoms with Gasteiger partial charge < -0.3 is 9.88 Å². The van der Waals surface area contributed by atoms with Gasteiger partial charge in [0.1, 0.15) is 5.69 Å². The molecule has 6 nitrogen and oxygen atoms in total. The topological polar surface area (TPSA) is 73.0 Å². The Balaban J connectivity index is 2.31. The SMILES string of the molecule is CCNc1cc(Cn2cnc(C)c2C)ccc1[N+](=O)[O-]. The van der Waals surface area contributed by atoms with Crippen LogP contribution in [0.25, 0.3) is 0 Å². The number of rotatable bonds is 5. The third-order valence-corrected chi connectivity index (χ3v) is 3.32. The molecule has 2 rings (SSSR count). The number of aryl methyl sites for hydroxylation is 1. The second-order valence-corrected chi connectivity index (χ2v) is 4.68. The average molecular weight is 274 g/mol. The van der Waals surface area contributed by atoms with Crippen LogP contribution in [0, 0.1) is 24.0 Å². The van der Waals surface area contributed by atoms with Gasteiger partial charge in [0.2, 0.25) is 0 Å². The highest BCUT2D eigenvalue weighted by atomic mass is 16.6. The second-order valence-electron chi connectivity index (χ2n) is 4.68. The number of benzene rings is 1. The number of hydrogen-bond donors (Lipinski definition) is 1. The number of hydrogen-bond acceptors (Lipinski definition) is 4. The van der Waals surface area contributed by atoms with Crippen LogP contribution >= 0.6 is 0 Å². The summed E-state index contributed by atoms with van der Waals surface area (Å²) in [5.41, 5.74) is 3.78. The van der Waals surface area contributed by atoms with Crippen LogP contribution in [0.15, 0.2) is 24.5 Å². The number of aromatic nitrogens is 2. The van der Waals surface area contributed by atoms with Gasteiger partial charge in [-0.25, -0.2) is 4.98 Å². The van der Waals surface area contributed by atoms with Crippen LogP contribution < -0.4 is 5.32 Å².